The summed E-state index contributed by atoms with van der Waals surface area (Å²) >= 11 is 0. The fourth-order valence-corrected chi connectivity index (χ4v) is 1.90. The SMILES string of the molecule is CC(=O)NCCC=Cc1ccc(-c2cc(C(=O)O)[nH]n2)cc1. The van der Waals surface area contributed by atoms with E-state index in [4.69, 9.17) is 5.11 Å². The van der Waals surface area contributed by atoms with Crippen LogP contribution < -0.4 is 5.32 Å². The summed E-state index contributed by atoms with van der Waals surface area (Å²) in [6.07, 6.45) is 4.73. The van der Waals surface area contributed by atoms with E-state index in [1.165, 1.54) is 13.0 Å². The molecule has 0 aliphatic heterocycles. The van der Waals surface area contributed by atoms with E-state index >= 15 is 0 Å². The number of aromatic amines is 1. The van der Waals surface area contributed by atoms with Crippen LogP contribution in [0.25, 0.3) is 17.3 Å². The highest BCUT2D eigenvalue weighted by Gasteiger charge is 2.08. The molecule has 1 heterocycles. The molecular weight excluding hydrogens is 282 g/mol. The topological polar surface area (TPSA) is 95.1 Å². The van der Waals surface area contributed by atoms with Gasteiger partial charge in [-0.3, -0.25) is 9.89 Å². The Hall–Kier alpha value is -2.89. The molecule has 1 amide bonds. The highest BCUT2D eigenvalue weighted by atomic mass is 16.4. The highest BCUT2D eigenvalue weighted by molar-refractivity contribution is 5.86. The highest BCUT2D eigenvalue weighted by Crippen LogP contribution is 2.19. The number of hydrogen-bond acceptors (Lipinski definition) is 3. The summed E-state index contributed by atoms with van der Waals surface area (Å²) < 4.78 is 0. The second-order valence-electron chi connectivity index (χ2n) is 4.77. The van der Waals surface area contributed by atoms with Gasteiger partial charge in [0.2, 0.25) is 5.91 Å². The van der Waals surface area contributed by atoms with Gasteiger partial charge in [-0.2, -0.15) is 5.10 Å². The molecule has 0 fully saturated rings. The first-order valence-electron chi connectivity index (χ1n) is 6.86. The largest absolute Gasteiger partial charge is 0.477 e. The van der Waals surface area contributed by atoms with Gasteiger partial charge in [0, 0.05) is 19.0 Å². The number of carbonyl (C=O) groups is 2. The minimum Gasteiger partial charge on any atom is -0.477 e. The van der Waals surface area contributed by atoms with Crippen LogP contribution >= 0.6 is 0 Å². The first kappa shape index (κ1) is 15.5. The Bertz CT molecular complexity index is 687. The van der Waals surface area contributed by atoms with Crippen molar-refractivity contribution in [3.8, 4) is 11.3 Å². The molecule has 0 atom stereocenters. The number of benzene rings is 1. The molecule has 0 spiro atoms. The number of carboxylic acids is 1. The molecular formula is C16H17N3O3. The average molecular weight is 299 g/mol. The van der Waals surface area contributed by atoms with Gasteiger partial charge in [0.15, 0.2) is 0 Å². The molecule has 0 bridgehead atoms. The van der Waals surface area contributed by atoms with Gasteiger partial charge in [0.25, 0.3) is 0 Å². The maximum absolute atomic E-state index is 10.8. The third kappa shape index (κ3) is 4.31. The normalized spacial score (nSPS) is 10.8. The van der Waals surface area contributed by atoms with Crippen LogP contribution in [0.1, 0.15) is 29.4 Å². The van der Waals surface area contributed by atoms with Crippen LogP contribution in [0.5, 0.6) is 0 Å². The summed E-state index contributed by atoms with van der Waals surface area (Å²) in [5, 5.41) is 18.0. The van der Waals surface area contributed by atoms with Crippen molar-refractivity contribution in [3.05, 3.63) is 47.7 Å². The number of aromatic nitrogens is 2. The fraction of sp³-hybridized carbons (Fsp3) is 0.188. The van der Waals surface area contributed by atoms with Crippen molar-refractivity contribution >= 4 is 18.0 Å². The monoisotopic (exact) mass is 299 g/mol. The van der Waals surface area contributed by atoms with E-state index < -0.39 is 5.97 Å². The number of aromatic carboxylic acids is 1. The van der Waals surface area contributed by atoms with Crippen molar-refractivity contribution in [1.29, 1.82) is 0 Å². The third-order valence-electron chi connectivity index (χ3n) is 3.01. The number of carboxylic acid groups (broad SMARTS) is 1. The Kier molecular flexibility index (Phi) is 5.08. The molecule has 0 unspecified atom stereocenters. The van der Waals surface area contributed by atoms with Crippen molar-refractivity contribution in [1.82, 2.24) is 15.5 Å². The van der Waals surface area contributed by atoms with Crippen molar-refractivity contribution in [2.24, 2.45) is 0 Å². The van der Waals surface area contributed by atoms with Gasteiger partial charge in [-0.1, -0.05) is 36.4 Å². The quantitative estimate of drug-likeness (QED) is 0.713. The number of rotatable bonds is 6. The maximum Gasteiger partial charge on any atom is 0.353 e. The van der Waals surface area contributed by atoms with E-state index in [0.29, 0.717) is 12.2 Å². The standard InChI is InChI=1S/C16H17N3O3/c1-11(20)17-9-3-2-4-12-5-7-13(8-6-12)14-10-15(16(21)22)19-18-14/h2,4-8,10H,3,9H2,1H3,(H,17,20)(H,18,19)(H,21,22). The minimum absolute atomic E-state index is 0.0301. The predicted octanol–water partition coefficient (Wildman–Crippen LogP) is 2.31. The first-order valence-corrected chi connectivity index (χ1v) is 6.86. The fourth-order valence-electron chi connectivity index (χ4n) is 1.90. The molecule has 0 saturated carbocycles. The number of amides is 1. The number of nitrogens with one attached hydrogen (secondary N) is 2. The van der Waals surface area contributed by atoms with Gasteiger partial charge < -0.3 is 10.4 Å². The number of hydrogen-bond donors (Lipinski definition) is 3. The second-order valence-corrected chi connectivity index (χ2v) is 4.77. The van der Waals surface area contributed by atoms with Gasteiger partial charge in [0.1, 0.15) is 5.69 Å². The lowest BCUT2D eigenvalue weighted by Crippen LogP contribution is -2.20. The Morgan fingerprint density at radius 1 is 1.32 bits per heavy atom. The molecule has 0 radical (unpaired) electrons. The zero-order valence-corrected chi connectivity index (χ0v) is 12.2. The van der Waals surface area contributed by atoms with E-state index in [9.17, 15) is 9.59 Å². The number of nitrogens with zero attached hydrogens (tertiary/aromatic N) is 1. The van der Waals surface area contributed by atoms with Gasteiger partial charge in [-0.15, -0.1) is 0 Å². The van der Waals surface area contributed by atoms with Gasteiger partial charge in [0.05, 0.1) is 5.69 Å². The molecule has 6 heteroatoms. The van der Waals surface area contributed by atoms with Crippen molar-refractivity contribution in [3.63, 3.8) is 0 Å². The third-order valence-corrected chi connectivity index (χ3v) is 3.01. The van der Waals surface area contributed by atoms with Gasteiger partial charge in [-0.05, 0) is 18.1 Å². The molecule has 2 rings (SSSR count). The molecule has 0 aliphatic carbocycles. The van der Waals surface area contributed by atoms with Crippen LogP contribution in [0.2, 0.25) is 0 Å². The summed E-state index contributed by atoms with van der Waals surface area (Å²) in [6, 6.07) is 9.13. The molecule has 0 saturated heterocycles. The molecule has 6 nitrogen and oxygen atoms in total. The predicted molar refractivity (Wildman–Crippen MR) is 83.3 cm³/mol. The van der Waals surface area contributed by atoms with Crippen LogP contribution in [0.4, 0.5) is 0 Å². The first-order chi connectivity index (χ1) is 10.6. The van der Waals surface area contributed by atoms with E-state index in [1.54, 1.807) is 0 Å². The molecule has 22 heavy (non-hydrogen) atoms. The van der Waals surface area contributed by atoms with Crippen LogP contribution in [-0.2, 0) is 4.79 Å². The molecule has 3 N–H and O–H groups in total. The lowest BCUT2D eigenvalue weighted by atomic mass is 10.1. The zero-order valence-electron chi connectivity index (χ0n) is 12.2. The van der Waals surface area contributed by atoms with Crippen LogP contribution in [-0.4, -0.2) is 33.7 Å². The maximum atomic E-state index is 10.8. The molecule has 1 aromatic carbocycles. The summed E-state index contributed by atoms with van der Waals surface area (Å²) in [7, 11) is 0. The molecule has 0 aliphatic rings. The Balaban J connectivity index is 1.96. The van der Waals surface area contributed by atoms with Crippen LogP contribution in [0, 0.1) is 0 Å². The smallest absolute Gasteiger partial charge is 0.353 e. The van der Waals surface area contributed by atoms with Crippen LogP contribution in [0.15, 0.2) is 36.4 Å². The average Bonchev–Trinajstić information content (AvgIpc) is 2.97. The second kappa shape index (κ2) is 7.21. The molecule has 114 valence electrons. The Morgan fingerprint density at radius 3 is 2.64 bits per heavy atom. The minimum atomic E-state index is -1.03. The van der Waals surface area contributed by atoms with E-state index in [0.717, 1.165) is 17.5 Å². The van der Waals surface area contributed by atoms with E-state index in [1.807, 2.05) is 36.4 Å². The summed E-state index contributed by atoms with van der Waals surface area (Å²) in [5.41, 5.74) is 2.54. The van der Waals surface area contributed by atoms with Crippen molar-refractivity contribution in [2.45, 2.75) is 13.3 Å². The van der Waals surface area contributed by atoms with Crippen LogP contribution in [0.3, 0.4) is 0 Å². The van der Waals surface area contributed by atoms with E-state index in [2.05, 4.69) is 15.5 Å². The Labute approximate surface area is 127 Å². The lowest BCUT2D eigenvalue weighted by molar-refractivity contribution is -0.118. The zero-order chi connectivity index (χ0) is 15.9. The molecule has 1 aromatic heterocycles. The van der Waals surface area contributed by atoms with E-state index in [-0.39, 0.29) is 11.6 Å². The lowest BCUT2D eigenvalue weighted by Gasteiger charge is -1.99. The van der Waals surface area contributed by atoms with Gasteiger partial charge >= 0.3 is 5.97 Å². The summed E-state index contributed by atoms with van der Waals surface area (Å²) in [6.45, 7) is 2.11. The van der Waals surface area contributed by atoms with Gasteiger partial charge in [-0.25, -0.2) is 4.79 Å². The summed E-state index contributed by atoms with van der Waals surface area (Å²) in [4.78, 5) is 21.5. The summed E-state index contributed by atoms with van der Waals surface area (Å²) in [5.74, 6) is -1.06. The molecule has 2 aromatic rings. The van der Waals surface area contributed by atoms with Crippen molar-refractivity contribution in [2.75, 3.05) is 6.54 Å². The van der Waals surface area contributed by atoms with Crippen molar-refractivity contribution < 1.29 is 14.7 Å². The number of carbonyl (C=O) groups excluding carboxylic acids is 1. The Morgan fingerprint density at radius 2 is 2.05 bits per heavy atom. The number of H-pyrrole nitrogens is 1.